The maximum Gasteiger partial charge on any atom is 0.255 e. The van der Waals surface area contributed by atoms with Gasteiger partial charge in [0.25, 0.3) is 5.91 Å². The first-order chi connectivity index (χ1) is 12.5. The fraction of sp³-hybridized carbons (Fsp3) is 0.0500. The Kier molecular flexibility index (Phi) is 5.49. The lowest BCUT2D eigenvalue weighted by Gasteiger charge is -2.10. The lowest BCUT2D eigenvalue weighted by molar-refractivity contribution is 0.102. The molecule has 3 aromatic rings. The van der Waals surface area contributed by atoms with Crippen molar-refractivity contribution in [2.45, 2.75) is 6.61 Å². The zero-order chi connectivity index (χ0) is 18.5. The van der Waals surface area contributed by atoms with Crippen molar-refractivity contribution >= 4 is 23.2 Å². The molecule has 0 aliphatic rings. The summed E-state index contributed by atoms with van der Waals surface area (Å²) in [6, 6.07) is 16.9. The summed E-state index contributed by atoms with van der Waals surface area (Å²) in [6.07, 6.45) is 0. The number of rotatable bonds is 5. The molecule has 1 N–H and O–H groups in total. The Bertz CT molecular complexity index is 926. The van der Waals surface area contributed by atoms with Crippen molar-refractivity contribution in [2.24, 2.45) is 0 Å². The van der Waals surface area contributed by atoms with E-state index in [0.29, 0.717) is 10.8 Å². The quantitative estimate of drug-likeness (QED) is 0.645. The van der Waals surface area contributed by atoms with Crippen molar-refractivity contribution in [3.05, 3.63) is 94.5 Å². The third-order valence-corrected chi connectivity index (χ3v) is 4.02. The molecule has 0 saturated carbocycles. The molecule has 0 unspecified atom stereocenters. The third-order valence-electron chi connectivity index (χ3n) is 3.65. The second-order valence-corrected chi connectivity index (χ2v) is 5.87. The molecule has 0 fully saturated rings. The topological polar surface area (TPSA) is 38.3 Å². The van der Waals surface area contributed by atoms with E-state index >= 15 is 0 Å². The number of anilines is 1. The number of halogens is 3. The van der Waals surface area contributed by atoms with Crippen LogP contribution in [0.1, 0.15) is 15.9 Å². The number of hydrogen-bond acceptors (Lipinski definition) is 2. The normalized spacial score (nSPS) is 10.4. The minimum atomic E-state index is -0.843. The first kappa shape index (κ1) is 17.9. The molecule has 0 aliphatic heterocycles. The van der Waals surface area contributed by atoms with E-state index in [1.54, 1.807) is 18.2 Å². The molecule has 3 nitrogen and oxygen atoms in total. The zero-order valence-electron chi connectivity index (χ0n) is 13.5. The lowest BCUT2D eigenvalue weighted by Crippen LogP contribution is -2.14. The number of benzene rings is 3. The van der Waals surface area contributed by atoms with Crippen molar-refractivity contribution < 1.29 is 18.3 Å². The summed E-state index contributed by atoms with van der Waals surface area (Å²) < 4.78 is 33.0. The van der Waals surface area contributed by atoms with Gasteiger partial charge in [0.15, 0.2) is 0 Å². The number of carbonyl (C=O) groups is 1. The third kappa shape index (κ3) is 4.18. The molecule has 1 amide bonds. The Labute approximate surface area is 154 Å². The fourth-order valence-corrected chi connectivity index (χ4v) is 2.50. The highest BCUT2D eigenvalue weighted by atomic mass is 35.5. The van der Waals surface area contributed by atoms with Crippen LogP contribution in [-0.2, 0) is 6.61 Å². The summed E-state index contributed by atoms with van der Waals surface area (Å²) in [5, 5.41) is 2.82. The number of nitrogens with one attached hydrogen (secondary N) is 1. The molecule has 6 heteroatoms. The van der Waals surface area contributed by atoms with Gasteiger partial charge in [0.1, 0.15) is 29.7 Å². The van der Waals surface area contributed by atoms with Gasteiger partial charge in [0, 0.05) is 16.1 Å². The molecule has 0 saturated heterocycles. The molecule has 0 bridgehead atoms. The molecule has 0 heterocycles. The van der Waals surface area contributed by atoms with Crippen molar-refractivity contribution in [3.63, 3.8) is 0 Å². The summed E-state index contributed by atoms with van der Waals surface area (Å²) in [7, 11) is 0. The van der Waals surface area contributed by atoms with Crippen LogP contribution in [0.2, 0.25) is 5.02 Å². The van der Waals surface area contributed by atoms with Crippen LogP contribution in [-0.4, -0.2) is 5.91 Å². The molecule has 0 radical (unpaired) electrons. The Morgan fingerprint density at radius 3 is 2.38 bits per heavy atom. The molecule has 0 aliphatic carbocycles. The molecule has 132 valence electrons. The SMILES string of the molecule is O=C(Nc1c(F)cccc1F)c1cccc(OCc2ccccc2Cl)c1. The molecule has 3 aromatic carbocycles. The number of carbonyl (C=O) groups excluding carboxylic acids is 1. The van der Waals surface area contributed by atoms with E-state index < -0.39 is 23.2 Å². The van der Waals surface area contributed by atoms with Gasteiger partial charge in [-0.15, -0.1) is 0 Å². The van der Waals surface area contributed by atoms with E-state index in [2.05, 4.69) is 5.32 Å². The molecular weight excluding hydrogens is 360 g/mol. The van der Waals surface area contributed by atoms with Crippen molar-refractivity contribution in [2.75, 3.05) is 5.32 Å². The number of hydrogen-bond donors (Lipinski definition) is 1. The van der Waals surface area contributed by atoms with Gasteiger partial charge >= 0.3 is 0 Å². The summed E-state index contributed by atoms with van der Waals surface area (Å²) in [5.74, 6) is -1.89. The Hall–Kier alpha value is -2.92. The van der Waals surface area contributed by atoms with Crippen molar-refractivity contribution in [1.29, 1.82) is 0 Å². The highest BCUT2D eigenvalue weighted by molar-refractivity contribution is 6.31. The summed E-state index contributed by atoms with van der Waals surface area (Å²) >= 11 is 6.08. The van der Waals surface area contributed by atoms with Crippen LogP contribution in [0.5, 0.6) is 5.75 Å². The smallest absolute Gasteiger partial charge is 0.255 e. The number of amides is 1. The van der Waals surface area contributed by atoms with Gasteiger partial charge in [-0.05, 0) is 36.4 Å². The lowest BCUT2D eigenvalue weighted by atomic mass is 10.2. The second kappa shape index (κ2) is 7.97. The van der Waals surface area contributed by atoms with Gasteiger partial charge in [0.2, 0.25) is 0 Å². The van der Waals surface area contributed by atoms with Gasteiger partial charge in [-0.1, -0.05) is 41.9 Å². The monoisotopic (exact) mass is 373 g/mol. The van der Waals surface area contributed by atoms with Crippen LogP contribution >= 0.6 is 11.6 Å². The second-order valence-electron chi connectivity index (χ2n) is 5.46. The summed E-state index contributed by atoms with van der Waals surface area (Å²) in [6.45, 7) is 0.229. The summed E-state index contributed by atoms with van der Waals surface area (Å²) in [4.78, 5) is 12.3. The van der Waals surface area contributed by atoms with Crippen LogP contribution in [0.3, 0.4) is 0 Å². The van der Waals surface area contributed by atoms with Crippen molar-refractivity contribution in [1.82, 2.24) is 0 Å². The minimum Gasteiger partial charge on any atom is -0.489 e. The molecule has 3 rings (SSSR count). The van der Waals surface area contributed by atoms with Crippen LogP contribution in [0.4, 0.5) is 14.5 Å². The van der Waals surface area contributed by atoms with Crippen molar-refractivity contribution in [3.8, 4) is 5.75 Å². The summed E-state index contributed by atoms with van der Waals surface area (Å²) in [5.41, 5.74) is 0.529. The first-order valence-corrected chi connectivity index (χ1v) is 8.14. The molecule has 0 aromatic heterocycles. The van der Waals surface area contributed by atoms with E-state index in [1.807, 2.05) is 18.2 Å². The minimum absolute atomic E-state index is 0.212. The first-order valence-electron chi connectivity index (χ1n) is 7.76. The highest BCUT2D eigenvalue weighted by Gasteiger charge is 2.14. The van der Waals surface area contributed by atoms with Gasteiger partial charge in [-0.3, -0.25) is 4.79 Å². The maximum atomic E-state index is 13.7. The molecule has 26 heavy (non-hydrogen) atoms. The van der Waals surface area contributed by atoms with E-state index in [9.17, 15) is 13.6 Å². The van der Waals surface area contributed by atoms with E-state index in [0.717, 1.165) is 17.7 Å². The van der Waals surface area contributed by atoms with E-state index in [4.69, 9.17) is 16.3 Å². The zero-order valence-corrected chi connectivity index (χ0v) is 14.3. The fourth-order valence-electron chi connectivity index (χ4n) is 2.31. The van der Waals surface area contributed by atoms with Crippen LogP contribution in [0.25, 0.3) is 0 Å². The van der Waals surface area contributed by atoms with E-state index in [-0.39, 0.29) is 12.2 Å². The number of para-hydroxylation sites is 1. The average molecular weight is 374 g/mol. The highest BCUT2D eigenvalue weighted by Crippen LogP contribution is 2.22. The van der Waals surface area contributed by atoms with Gasteiger partial charge in [-0.2, -0.15) is 0 Å². The maximum absolute atomic E-state index is 13.7. The van der Waals surface area contributed by atoms with Gasteiger partial charge in [-0.25, -0.2) is 8.78 Å². The van der Waals surface area contributed by atoms with Crippen LogP contribution < -0.4 is 10.1 Å². The predicted octanol–water partition coefficient (Wildman–Crippen LogP) is 5.45. The number of ether oxygens (including phenoxy) is 1. The average Bonchev–Trinajstić information content (AvgIpc) is 2.64. The largest absolute Gasteiger partial charge is 0.489 e. The standard InChI is InChI=1S/C20H14ClF2NO2/c21-16-8-2-1-5-14(16)12-26-15-7-3-6-13(11-15)20(25)24-19-17(22)9-4-10-18(19)23/h1-11H,12H2,(H,24,25). The Morgan fingerprint density at radius 1 is 0.962 bits per heavy atom. The molecule has 0 spiro atoms. The Balaban J connectivity index is 1.72. The van der Waals surface area contributed by atoms with Gasteiger partial charge in [0.05, 0.1) is 0 Å². The van der Waals surface area contributed by atoms with Crippen LogP contribution in [0.15, 0.2) is 66.7 Å². The predicted molar refractivity (Wildman–Crippen MR) is 96.5 cm³/mol. The molecule has 0 atom stereocenters. The van der Waals surface area contributed by atoms with Crippen LogP contribution in [0, 0.1) is 11.6 Å². The van der Waals surface area contributed by atoms with E-state index in [1.165, 1.54) is 18.2 Å². The Morgan fingerprint density at radius 2 is 1.65 bits per heavy atom. The molecular formula is C20H14ClF2NO2. The van der Waals surface area contributed by atoms with Gasteiger partial charge < -0.3 is 10.1 Å².